The number of methoxy groups -OCH3 is 1. The number of hydrogen-bond donors (Lipinski definition) is 0. The third-order valence-corrected chi connectivity index (χ3v) is 2.93. The molecule has 0 amide bonds. The lowest BCUT2D eigenvalue weighted by Crippen LogP contribution is -1.82. The van der Waals surface area contributed by atoms with Gasteiger partial charge in [-0.1, -0.05) is 18.3 Å². The summed E-state index contributed by atoms with van der Waals surface area (Å²) in [7, 11) is 1.63. The molecule has 0 aromatic carbocycles. The number of hydrogen-bond acceptors (Lipinski definition) is 3. The van der Waals surface area contributed by atoms with Crippen molar-refractivity contribution < 1.29 is 4.74 Å². The Balaban J connectivity index is 2.92. The highest BCUT2D eigenvalue weighted by Crippen LogP contribution is 2.29. The van der Waals surface area contributed by atoms with Crippen LogP contribution in [0.1, 0.15) is 12.6 Å². The predicted octanol–water partition coefficient (Wildman–Crippen LogP) is 2.48. The molecule has 1 aromatic heterocycles. The van der Waals surface area contributed by atoms with Gasteiger partial charge in [0.25, 0.3) is 5.19 Å². The Morgan fingerprint density at radius 1 is 1.70 bits per heavy atom. The van der Waals surface area contributed by atoms with Crippen molar-refractivity contribution in [3.8, 4) is 5.19 Å². The van der Waals surface area contributed by atoms with E-state index in [0.29, 0.717) is 0 Å². The highest BCUT2D eigenvalue weighted by atomic mass is 79.9. The second-order valence-electron chi connectivity index (χ2n) is 1.76. The SMILES string of the molecule is CCc1nc(OC)sc1Br. The molecule has 0 radical (unpaired) electrons. The zero-order valence-corrected chi connectivity index (χ0v) is 8.25. The van der Waals surface area contributed by atoms with E-state index >= 15 is 0 Å². The van der Waals surface area contributed by atoms with Crippen LogP contribution >= 0.6 is 27.3 Å². The molecular formula is C6H8BrNOS. The van der Waals surface area contributed by atoms with Gasteiger partial charge in [-0.15, -0.1) is 0 Å². The average molecular weight is 222 g/mol. The maximum Gasteiger partial charge on any atom is 0.274 e. The van der Waals surface area contributed by atoms with Crippen LogP contribution in [-0.2, 0) is 6.42 Å². The summed E-state index contributed by atoms with van der Waals surface area (Å²) in [6.07, 6.45) is 0.945. The van der Waals surface area contributed by atoms with Crippen LogP contribution in [-0.4, -0.2) is 12.1 Å². The third kappa shape index (κ3) is 1.49. The van der Waals surface area contributed by atoms with Gasteiger partial charge in [0.1, 0.15) is 0 Å². The average Bonchev–Trinajstić information content (AvgIpc) is 2.30. The molecule has 10 heavy (non-hydrogen) atoms. The van der Waals surface area contributed by atoms with Crippen molar-refractivity contribution in [2.24, 2.45) is 0 Å². The molecule has 0 saturated heterocycles. The van der Waals surface area contributed by atoms with E-state index in [-0.39, 0.29) is 0 Å². The van der Waals surface area contributed by atoms with E-state index in [1.165, 1.54) is 11.3 Å². The zero-order chi connectivity index (χ0) is 7.56. The van der Waals surface area contributed by atoms with Crippen molar-refractivity contribution in [3.05, 3.63) is 9.48 Å². The van der Waals surface area contributed by atoms with Gasteiger partial charge in [0, 0.05) is 0 Å². The molecular weight excluding hydrogens is 214 g/mol. The fourth-order valence-corrected chi connectivity index (χ4v) is 2.10. The van der Waals surface area contributed by atoms with Gasteiger partial charge >= 0.3 is 0 Å². The van der Waals surface area contributed by atoms with Crippen molar-refractivity contribution in [1.29, 1.82) is 0 Å². The maximum atomic E-state index is 4.95. The minimum absolute atomic E-state index is 0.726. The Kier molecular flexibility index (Phi) is 2.68. The van der Waals surface area contributed by atoms with Gasteiger partial charge < -0.3 is 4.74 Å². The van der Waals surface area contributed by atoms with E-state index < -0.39 is 0 Å². The van der Waals surface area contributed by atoms with Crippen LogP contribution in [0.15, 0.2) is 3.79 Å². The summed E-state index contributed by atoms with van der Waals surface area (Å²) in [5, 5.41) is 0.726. The minimum Gasteiger partial charge on any atom is -0.473 e. The molecule has 0 bridgehead atoms. The largest absolute Gasteiger partial charge is 0.473 e. The standard InChI is InChI=1S/C6H8BrNOS/c1-3-4-5(7)10-6(8-4)9-2/h3H2,1-2H3. The third-order valence-electron chi connectivity index (χ3n) is 1.14. The van der Waals surface area contributed by atoms with E-state index in [1.54, 1.807) is 7.11 Å². The van der Waals surface area contributed by atoms with E-state index in [1.807, 2.05) is 0 Å². The van der Waals surface area contributed by atoms with Crippen LogP contribution in [0.4, 0.5) is 0 Å². The molecule has 0 aliphatic carbocycles. The summed E-state index contributed by atoms with van der Waals surface area (Å²) < 4.78 is 6.03. The van der Waals surface area contributed by atoms with E-state index in [0.717, 1.165) is 21.1 Å². The predicted molar refractivity (Wildman–Crippen MR) is 45.7 cm³/mol. The van der Waals surface area contributed by atoms with Gasteiger partial charge in [-0.05, 0) is 22.4 Å². The molecule has 1 aromatic rings. The van der Waals surface area contributed by atoms with Crippen LogP contribution in [0.3, 0.4) is 0 Å². The summed E-state index contributed by atoms with van der Waals surface area (Å²) in [5.74, 6) is 0. The van der Waals surface area contributed by atoms with Crippen LogP contribution in [0.2, 0.25) is 0 Å². The second kappa shape index (κ2) is 3.34. The van der Waals surface area contributed by atoms with Crippen LogP contribution in [0.25, 0.3) is 0 Å². The fraction of sp³-hybridized carbons (Fsp3) is 0.500. The first-order chi connectivity index (χ1) is 4.77. The second-order valence-corrected chi connectivity index (χ2v) is 4.04. The summed E-state index contributed by atoms with van der Waals surface area (Å²) >= 11 is 4.92. The number of ether oxygens (including phenoxy) is 1. The Morgan fingerprint density at radius 3 is 2.70 bits per heavy atom. The molecule has 1 heterocycles. The minimum atomic E-state index is 0.726. The number of halogens is 1. The van der Waals surface area contributed by atoms with Crippen molar-refractivity contribution in [2.75, 3.05) is 7.11 Å². The van der Waals surface area contributed by atoms with Gasteiger partial charge in [-0.3, -0.25) is 0 Å². The van der Waals surface area contributed by atoms with Gasteiger partial charge in [-0.2, -0.15) is 0 Å². The Labute approximate surface area is 72.4 Å². The number of aryl methyl sites for hydroxylation is 1. The Hall–Kier alpha value is -0.0900. The maximum absolute atomic E-state index is 4.95. The summed E-state index contributed by atoms with van der Waals surface area (Å²) in [4.78, 5) is 4.20. The first-order valence-electron chi connectivity index (χ1n) is 2.97. The number of aromatic nitrogens is 1. The van der Waals surface area contributed by atoms with E-state index in [9.17, 15) is 0 Å². The molecule has 0 atom stereocenters. The molecule has 0 fully saturated rings. The van der Waals surface area contributed by atoms with Crippen LogP contribution in [0, 0.1) is 0 Å². The van der Waals surface area contributed by atoms with Gasteiger partial charge in [-0.25, -0.2) is 4.98 Å². The van der Waals surface area contributed by atoms with Crippen molar-refractivity contribution in [2.45, 2.75) is 13.3 Å². The lowest BCUT2D eigenvalue weighted by molar-refractivity contribution is 0.411. The molecule has 0 aliphatic rings. The first-order valence-corrected chi connectivity index (χ1v) is 4.58. The normalized spacial score (nSPS) is 9.90. The first kappa shape index (κ1) is 8.01. The smallest absolute Gasteiger partial charge is 0.274 e. The Morgan fingerprint density at radius 2 is 2.40 bits per heavy atom. The highest BCUT2D eigenvalue weighted by molar-refractivity contribution is 9.11. The van der Waals surface area contributed by atoms with Crippen molar-refractivity contribution in [1.82, 2.24) is 4.98 Å². The van der Waals surface area contributed by atoms with E-state index in [2.05, 4.69) is 27.8 Å². The van der Waals surface area contributed by atoms with Crippen molar-refractivity contribution >= 4 is 27.3 Å². The molecule has 0 saturated carbocycles. The molecule has 0 aliphatic heterocycles. The molecule has 2 nitrogen and oxygen atoms in total. The summed E-state index contributed by atoms with van der Waals surface area (Å²) in [6.45, 7) is 2.07. The topological polar surface area (TPSA) is 22.1 Å². The molecule has 4 heteroatoms. The summed E-state index contributed by atoms with van der Waals surface area (Å²) in [6, 6.07) is 0. The zero-order valence-electron chi connectivity index (χ0n) is 5.85. The molecule has 1 rings (SSSR count). The lowest BCUT2D eigenvalue weighted by atomic mass is 10.4. The van der Waals surface area contributed by atoms with Gasteiger partial charge in [0.15, 0.2) is 0 Å². The quantitative estimate of drug-likeness (QED) is 0.766. The molecule has 0 unspecified atom stereocenters. The molecule has 0 spiro atoms. The lowest BCUT2D eigenvalue weighted by Gasteiger charge is -1.87. The highest BCUT2D eigenvalue weighted by Gasteiger charge is 2.05. The summed E-state index contributed by atoms with van der Waals surface area (Å²) in [5.41, 5.74) is 1.07. The Bertz CT molecular complexity index is 224. The number of rotatable bonds is 2. The van der Waals surface area contributed by atoms with Crippen LogP contribution in [0.5, 0.6) is 5.19 Å². The van der Waals surface area contributed by atoms with Crippen LogP contribution < -0.4 is 4.74 Å². The van der Waals surface area contributed by atoms with Crippen molar-refractivity contribution in [3.63, 3.8) is 0 Å². The monoisotopic (exact) mass is 221 g/mol. The number of thiazole rings is 1. The number of nitrogens with zero attached hydrogens (tertiary/aromatic N) is 1. The van der Waals surface area contributed by atoms with Gasteiger partial charge in [0.2, 0.25) is 0 Å². The molecule has 0 N–H and O–H groups in total. The van der Waals surface area contributed by atoms with Gasteiger partial charge in [0.05, 0.1) is 16.6 Å². The van der Waals surface area contributed by atoms with E-state index in [4.69, 9.17) is 4.74 Å². The molecule has 56 valence electrons. The fourth-order valence-electron chi connectivity index (χ4n) is 0.618.